The summed E-state index contributed by atoms with van der Waals surface area (Å²) in [6.07, 6.45) is 8.10. The molecule has 2 N–H and O–H groups in total. The van der Waals surface area contributed by atoms with Crippen LogP contribution < -0.4 is 10.5 Å². The Morgan fingerprint density at radius 1 is 1.04 bits per heavy atom. The predicted octanol–water partition coefficient (Wildman–Crippen LogP) is 4.64. The minimum absolute atomic E-state index is 0.305. The Labute approximate surface area is 153 Å². The molecule has 25 heavy (non-hydrogen) atoms. The number of hydrogen-bond acceptors (Lipinski definition) is 4. The van der Waals surface area contributed by atoms with Crippen molar-refractivity contribution in [2.75, 3.05) is 13.2 Å². The largest absolute Gasteiger partial charge is 0.494 e. The molecular weight excluding hydrogens is 314 g/mol. The Kier molecular flexibility index (Phi) is 10.2. The van der Waals surface area contributed by atoms with E-state index in [9.17, 15) is 4.79 Å². The summed E-state index contributed by atoms with van der Waals surface area (Å²) < 4.78 is 10.9. The number of benzene rings is 1. The SMILES string of the molecule is CCCCCCCOc1ccc(CC[C@](N)(CC)C(=O)OCC)cc1. The molecule has 0 aliphatic heterocycles. The highest BCUT2D eigenvalue weighted by Crippen LogP contribution is 2.20. The summed E-state index contributed by atoms with van der Waals surface area (Å²) in [7, 11) is 0. The van der Waals surface area contributed by atoms with Crippen LogP contribution in [0.5, 0.6) is 5.75 Å². The third-order valence-electron chi connectivity index (χ3n) is 4.61. The van der Waals surface area contributed by atoms with Gasteiger partial charge in [0.25, 0.3) is 0 Å². The summed E-state index contributed by atoms with van der Waals surface area (Å²) in [6.45, 7) is 7.08. The third kappa shape index (κ3) is 7.91. The number of hydrogen-bond donors (Lipinski definition) is 1. The molecule has 0 aromatic heterocycles. The van der Waals surface area contributed by atoms with Crippen molar-refractivity contribution < 1.29 is 14.3 Å². The first kappa shape index (κ1) is 21.5. The maximum Gasteiger partial charge on any atom is 0.326 e. The number of unbranched alkanes of at least 4 members (excludes halogenated alkanes) is 4. The van der Waals surface area contributed by atoms with Crippen molar-refractivity contribution in [3.8, 4) is 5.75 Å². The fourth-order valence-corrected chi connectivity index (χ4v) is 2.71. The van der Waals surface area contributed by atoms with Crippen LogP contribution in [-0.2, 0) is 16.0 Å². The zero-order valence-electron chi connectivity index (χ0n) is 16.2. The summed E-state index contributed by atoms with van der Waals surface area (Å²) in [4.78, 5) is 12.0. The Morgan fingerprint density at radius 3 is 2.32 bits per heavy atom. The molecule has 1 aromatic carbocycles. The van der Waals surface area contributed by atoms with Gasteiger partial charge in [0.2, 0.25) is 0 Å². The van der Waals surface area contributed by atoms with Crippen LogP contribution in [0, 0.1) is 0 Å². The van der Waals surface area contributed by atoms with Gasteiger partial charge in [0.1, 0.15) is 11.3 Å². The van der Waals surface area contributed by atoms with E-state index in [1.165, 1.54) is 25.7 Å². The minimum Gasteiger partial charge on any atom is -0.494 e. The number of nitrogens with two attached hydrogens (primary N) is 1. The number of ether oxygens (including phenoxy) is 2. The van der Waals surface area contributed by atoms with E-state index >= 15 is 0 Å². The van der Waals surface area contributed by atoms with Gasteiger partial charge < -0.3 is 15.2 Å². The molecule has 4 heteroatoms. The van der Waals surface area contributed by atoms with Crippen molar-refractivity contribution in [3.63, 3.8) is 0 Å². The maximum atomic E-state index is 12.0. The van der Waals surface area contributed by atoms with E-state index in [1.54, 1.807) is 6.92 Å². The molecule has 0 heterocycles. The van der Waals surface area contributed by atoms with Crippen molar-refractivity contribution in [2.45, 2.75) is 77.7 Å². The summed E-state index contributed by atoms with van der Waals surface area (Å²) in [6, 6.07) is 8.09. The summed E-state index contributed by atoms with van der Waals surface area (Å²) in [5.41, 5.74) is 6.48. The highest BCUT2D eigenvalue weighted by Gasteiger charge is 2.33. The van der Waals surface area contributed by atoms with Crippen LogP contribution in [0.15, 0.2) is 24.3 Å². The molecule has 0 bridgehead atoms. The fourth-order valence-electron chi connectivity index (χ4n) is 2.71. The number of esters is 1. The van der Waals surface area contributed by atoms with Crippen molar-refractivity contribution in [1.29, 1.82) is 0 Å². The first-order chi connectivity index (χ1) is 12.1. The van der Waals surface area contributed by atoms with Gasteiger partial charge in [-0.05, 0) is 50.3 Å². The predicted molar refractivity (Wildman–Crippen MR) is 103 cm³/mol. The van der Waals surface area contributed by atoms with E-state index in [0.717, 1.165) is 30.8 Å². The average Bonchev–Trinajstić information content (AvgIpc) is 2.63. The molecule has 0 aliphatic rings. The Morgan fingerprint density at radius 2 is 1.72 bits per heavy atom. The average molecular weight is 350 g/mol. The van der Waals surface area contributed by atoms with Crippen LogP contribution in [0.3, 0.4) is 0 Å². The molecule has 1 atom stereocenters. The summed E-state index contributed by atoms with van der Waals surface area (Å²) in [5.74, 6) is 0.597. The first-order valence-electron chi connectivity index (χ1n) is 9.73. The van der Waals surface area contributed by atoms with Gasteiger partial charge in [0.15, 0.2) is 0 Å². The van der Waals surface area contributed by atoms with Crippen LogP contribution in [0.25, 0.3) is 0 Å². The topological polar surface area (TPSA) is 61.5 Å². The Balaban J connectivity index is 2.39. The van der Waals surface area contributed by atoms with Gasteiger partial charge in [-0.25, -0.2) is 0 Å². The lowest BCUT2D eigenvalue weighted by Gasteiger charge is -2.25. The Hall–Kier alpha value is -1.55. The lowest BCUT2D eigenvalue weighted by atomic mass is 9.90. The molecule has 0 saturated carbocycles. The smallest absolute Gasteiger partial charge is 0.326 e. The van der Waals surface area contributed by atoms with Crippen molar-refractivity contribution in [3.05, 3.63) is 29.8 Å². The second-order valence-electron chi connectivity index (χ2n) is 6.64. The second-order valence-corrected chi connectivity index (χ2v) is 6.64. The molecule has 1 aromatic rings. The lowest BCUT2D eigenvalue weighted by Crippen LogP contribution is -2.48. The highest BCUT2D eigenvalue weighted by molar-refractivity contribution is 5.80. The number of carbonyl (C=O) groups is 1. The maximum absolute atomic E-state index is 12.0. The van der Waals surface area contributed by atoms with Crippen LogP contribution >= 0.6 is 0 Å². The third-order valence-corrected chi connectivity index (χ3v) is 4.61. The standard InChI is InChI=1S/C21H35NO3/c1-4-7-8-9-10-17-25-19-13-11-18(12-14-19)15-16-21(22,5-2)20(23)24-6-3/h11-14H,4-10,15-17,22H2,1-3H3/t21-/m1/s1. The van der Waals surface area contributed by atoms with E-state index < -0.39 is 5.54 Å². The van der Waals surface area contributed by atoms with Gasteiger partial charge in [-0.3, -0.25) is 4.79 Å². The molecule has 0 amide bonds. The normalized spacial score (nSPS) is 13.3. The molecule has 0 spiro atoms. The van der Waals surface area contributed by atoms with E-state index in [4.69, 9.17) is 15.2 Å². The molecule has 4 nitrogen and oxygen atoms in total. The molecule has 0 saturated heterocycles. The van der Waals surface area contributed by atoms with Crippen molar-refractivity contribution in [2.24, 2.45) is 5.73 Å². The summed E-state index contributed by atoms with van der Waals surface area (Å²) in [5, 5.41) is 0. The molecular formula is C21H35NO3. The number of rotatable bonds is 13. The monoisotopic (exact) mass is 349 g/mol. The van der Waals surface area contributed by atoms with E-state index in [1.807, 2.05) is 31.2 Å². The van der Waals surface area contributed by atoms with Crippen LogP contribution in [-0.4, -0.2) is 24.7 Å². The first-order valence-corrected chi connectivity index (χ1v) is 9.73. The number of carbonyl (C=O) groups excluding carboxylic acids is 1. The number of aryl methyl sites for hydroxylation is 1. The highest BCUT2D eigenvalue weighted by atomic mass is 16.5. The molecule has 0 fully saturated rings. The molecule has 0 unspecified atom stereocenters. The minimum atomic E-state index is -0.899. The van der Waals surface area contributed by atoms with Gasteiger partial charge in [0.05, 0.1) is 13.2 Å². The van der Waals surface area contributed by atoms with Gasteiger partial charge in [-0.15, -0.1) is 0 Å². The van der Waals surface area contributed by atoms with Crippen LogP contribution in [0.1, 0.15) is 71.3 Å². The zero-order valence-corrected chi connectivity index (χ0v) is 16.2. The molecule has 0 aliphatic carbocycles. The van der Waals surface area contributed by atoms with Crippen LogP contribution in [0.4, 0.5) is 0 Å². The molecule has 1 rings (SSSR count). The molecule has 142 valence electrons. The summed E-state index contributed by atoms with van der Waals surface area (Å²) >= 11 is 0. The van der Waals surface area contributed by atoms with Crippen LogP contribution in [0.2, 0.25) is 0 Å². The van der Waals surface area contributed by atoms with E-state index in [2.05, 4.69) is 6.92 Å². The van der Waals surface area contributed by atoms with E-state index in [-0.39, 0.29) is 5.97 Å². The van der Waals surface area contributed by atoms with Gasteiger partial charge >= 0.3 is 5.97 Å². The van der Waals surface area contributed by atoms with Gasteiger partial charge in [-0.1, -0.05) is 51.7 Å². The van der Waals surface area contributed by atoms with Crippen molar-refractivity contribution >= 4 is 5.97 Å². The van der Waals surface area contributed by atoms with Gasteiger partial charge in [-0.2, -0.15) is 0 Å². The molecule has 0 radical (unpaired) electrons. The fraction of sp³-hybridized carbons (Fsp3) is 0.667. The second kappa shape index (κ2) is 11.9. The van der Waals surface area contributed by atoms with E-state index in [0.29, 0.717) is 19.4 Å². The van der Waals surface area contributed by atoms with Crippen molar-refractivity contribution in [1.82, 2.24) is 0 Å². The Bertz CT molecular complexity index is 486. The zero-order chi connectivity index (χ0) is 18.5. The quantitative estimate of drug-likeness (QED) is 0.416. The van der Waals surface area contributed by atoms with Gasteiger partial charge in [0, 0.05) is 0 Å². The lowest BCUT2D eigenvalue weighted by molar-refractivity contribution is -0.150.